The molecule has 3 aromatic rings. The summed E-state index contributed by atoms with van der Waals surface area (Å²) >= 11 is 0. The third kappa shape index (κ3) is 1.80. The maximum absolute atomic E-state index is 4.38. The number of rotatable bonds is 2. The van der Waals surface area contributed by atoms with Gasteiger partial charge in [-0.25, -0.2) is 0 Å². The Labute approximate surface area is 106 Å². The Kier molecular flexibility index (Phi) is 2.66. The van der Waals surface area contributed by atoms with E-state index in [0.29, 0.717) is 0 Å². The summed E-state index contributed by atoms with van der Waals surface area (Å²) in [4.78, 5) is 4.38. The molecule has 1 heterocycles. The Morgan fingerprint density at radius 3 is 2.44 bits per heavy atom. The molecule has 86 valence electrons. The van der Waals surface area contributed by atoms with Gasteiger partial charge < -0.3 is 0 Å². The van der Waals surface area contributed by atoms with Crippen LogP contribution in [0.4, 0.5) is 0 Å². The zero-order valence-corrected chi connectivity index (χ0v) is 10.0. The van der Waals surface area contributed by atoms with Crippen molar-refractivity contribution in [2.45, 2.75) is 0 Å². The summed E-state index contributed by atoms with van der Waals surface area (Å²) < 4.78 is 0. The molecule has 18 heavy (non-hydrogen) atoms. The van der Waals surface area contributed by atoms with Gasteiger partial charge in [-0.3, -0.25) is 4.98 Å². The number of hydrogen-bond donors (Lipinski definition) is 0. The number of benzene rings is 2. The van der Waals surface area contributed by atoms with Crippen LogP contribution in [-0.2, 0) is 0 Å². The number of nitrogens with zero attached hydrogens (tertiary/aromatic N) is 1. The summed E-state index contributed by atoms with van der Waals surface area (Å²) in [5.41, 5.74) is 4.59. The van der Waals surface area contributed by atoms with Crippen molar-refractivity contribution >= 4 is 17.0 Å². The average Bonchev–Trinajstić information content (AvgIpc) is 2.47. The SMILES string of the molecule is C=Cc1ccc(-c2ccnc3ccccc23)cc1. The molecule has 0 bridgehead atoms. The van der Waals surface area contributed by atoms with Gasteiger partial charge in [-0.15, -0.1) is 0 Å². The van der Waals surface area contributed by atoms with Crippen LogP contribution in [0, 0.1) is 0 Å². The number of aromatic nitrogens is 1. The summed E-state index contributed by atoms with van der Waals surface area (Å²) in [6.45, 7) is 3.77. The minimum atomic E-state index is 1.03. The minimum Gasteiger partial charge on any atom is -0.256 e. The Hall–Kier alpha value is -2.41. The predicted octanol–water partition coefficient (Wildman–Crippen LogP) is 4.54. The van der Waals surface area contributed by atoms with Crippen LogP contribution < -0.4 is 0 Å². The van der Waals surface area contributed by atoms with Gasteiger partial charge in [0.25, 0.3) is 0 Å². The highest BCUT2D eigenvalue weighted by atomic mass is 14.6. The lowest BCUT2D eigenvalue weighted by atomic mass is 10.0. The smallest absolute Gasteiger partial charge is 0.0708 e. The Morgan fingerprint density at radius 1 is 0.889 bits per heavy atom. The molecule has 0 fully saturated rings. The summed E-state index contributed by atoms with van der Waals surface area (Å²) in [6.07, 6.45) is 3.72. The van der Waals surface area contributed by atoms with Gasteiger partial charge in [0.05, 0.1) is 5.52 Å². The van der Waals surface area contributed by atoms with E-state index in [9.17, 15) is 0 Å². The van der Waals surface area contributed by atoms with E-state index in [1.165, 1.54) is 16.5 Å². The van der Waals surface area contributed by atoms with E-state index in [0.717, 1.165) is 11.1 Å². The van der Waals surface area contributed by atoms with Gasteiger partial charge in [-0.2, -0.15) is 0 Å². The van der Waals surface area contributed by atoms with Gasteiger partial charge >= 0.3 is 0 Å². The third-order valence-electron chi connectivity index (χ3n) is 3.11. The van der Waals surface area contributed by atoms with Crippen LogP contribution in [0.5, 0.6) is 0 Å². The molecule has 0 N–H and O–H groups in total. The summed E-state index contributed by atoms with van der Waals surface area (Å²) in [7, 11) is 0. The molecule has 0 aliphatic rings. The summed E-state index contributed by atoms with van der Waals surface area (Å²) in [5.74, 6) is 0. The van der Waals surface area contributed by atoms with E-state index in [4.69, 9.17) is 0 Å². The van der Waals surface area contributed by atoms with Crippen molar-refractivity contribution < 1.29 is 0 Å². The second kappa shape index (κ2) is 4.46. The van der Waals surface area contributed by atoms with Crippen LogP contribution in [0.1, 0.15) is 5.56 Å². The number of fused-ring (bicyclic) bond motifs is 1. The monoisotopic (exact) mass is 231 g/mol. The van der Waals surface area contributed by atoms with Gasteiger partial charge in [0.15, 0.2) is 0 Å². The molecule has 0 saturated carbocycles. The molecule has 1 heteroatoms. The molecule has 0 saturated heterocycles. The van der Waals surface area contributed by atoms with Gasteiger partial charge in [0.2, 0.25) is 0 Å². The van der Waals surface area contributed by atoms with Crippen molar-refractivity contribution in [2.24, 2.45) is 0 Å². The first-order chi connectivity index (χ1) is 8.88. The lowest BCUT2D eigenvalue weighted by Gasteiger charge is -2.06. The zero-order valence-electron chi connectivity index (χ0n) is 10.0. The molecular weight excluding hydrogens is 218 g/mol. The molecule has 0 amide bonds. The molecule has 3 rings (SSSR count). The second-order valence-corrected chi connectivity index (χ2v) is 4.20. The normalized spacial score (nSPS) is 10.4. The van der Waals surface area contributed by atoms with Crippen molar-refractivity contribution in [1.29, 1.82) is 0 Å². The van der Waals surface area contributed by atoms with Crippen molar-refractivity contribution in [3.8, 4) is 11.1 Å². The first kappa shape index (κ1) is 10.7. The van der Waals surface area contributed by atoms with E-state index < -0.39 is 0 Å². The van der Waals surface area contributed by atoms with E-state index in [-0.39, 0.29) is 0 Å². The number of pyridine rings is 1. The highest BCUT2D eigenvalue weighted by Gasteiger charge is 2.03. The van der Waals surface area contributed by atoms with Gasteiger partial charge in [0.1, 0.15) is 0 Å². The lowest BCUT2D eigenvalue weighted by Crippen LogP contribution is -1.84. The molecule has 0 aliphatic heterocycles. The van der Waals surface area contributed by atoms with Crippen molar-refractivity contribution in [3.63, 3.8) is 0 Å². The van der Waals surface area contributed by atoms with Crippen LogP contribution in [0.2, 0.25) is 0 Å². The van der Waals surface area contributed by atoms with Crippen molar-refractivity contribution in [1.82, 2.24) is 4.98 Å². The molecule has 0 atom stereocenters. The first-order valence-electron chi connectivity index (χ1n) is 5.95. The quantitative estimate of drug-likeness (QED) is 0.630. The standard InChI is InChI=1S/C17H13N/c1-2-13-7-9-14(10-8-13)15-11-12-18-17-6-4-3-5-16(15)17/h2-12H,1H2. The maximum Gasteiger partial charge on any atom is 0.0708 e. The van der Waals surface area contributed by atoms with Crippen LogP contribution in [0.25, 0.3) is 28.1 Å². The van der Waals surface area contributed by atoms with Crippen LogP contribution >= 0.6 is 0 Å². The topological polar surface area (TPSA) is 12.9 Å². The fourth-order valence-corrected chi connectivity index (χ4v) is 2.15. The van der Waals surface area contributed by atoms with Gasteiger partial charge in [0, 0.05) is 11.6 Å². The molecule has 1 aromatic heterocycles. The molecule has 0 spiro atoms. The highest BCUT2D eigenvalue weighted by Crippen LogP contribution is 2.27. The van der Waals surface area contributed by atoms with Crippen molar-refractivity contribution in [2.75, 3.05) is 0 Å². The van der Waals surface area contributed by atoms with Crippen molar-refractivity contribution in [3.05, 3.63) is 72.9 Å². The largest absolute Gasteiger partial charge is 0.256 e. The Bertz CT molecular complexity index is 691. The highest BCUT2D eigenvalue weighted by molar-refractivity contribution is 5.94. The van der Waals surface area contributed by atoms with E-state index in [1.54, 1.807) is 0 Å². The fourth-order valence-electron chi connectivity index (χ4n) is 2.15. The van der Waals surface area contributed by atoms with Gasteiger partial charge in [-0.05, 0) is 28.8 Å². The van der Waals surface area contributed by atoms with E-state index in [2.05, 4.69) is 48.0 Å². The molecular formula is C17H13N. The zero-order chi connectivity index (χ0) is 12.4. The molecule has 1 nitrogen and oxygen atoms in total. The maximum atomic E-state index is 4.38. The van der Waals surface area contributed by atoms with Crippen LogP contribution in [0.3, 0.4) is 0 Å². The summed E-state index contributed by atoms with van der Waals surface area (Å²) in [6, 6.07) is 18.7. The number of hydrogen-bond acceptors (Lipinski definition) is 1. The molecule has 0 unspecified atom stereocenters. The minimum absolute atomic E-state index is 1.03. The predicted molar refractivity (Wildman–Crippen MR) is 77.3 cm³/mol. The van der Waals surface area contributed by atoms with E-state index >= 15 is 0 Å². The number of para-hydroxylation sites is 1. The third-order valence-corrected chi connectivity index (χ3v) is 3.11. The van der Waals surface area contributed by atoms with Gasteiger partial charge in [-0.1, -0.05) is 55.1 Å². The molecule has 2 aromatic carbocycles. The average molecular weight is 231 g/mol. The molecule has 0 aliphatic carbocycles. The molecule has 0 radical (unpaired) electrons. The first-order valence-corrected chi connectivity index (χ1v) is 5.95. The second-order valence-electron chi connectivity index (χ2n) is 4.20. The lowest BCUT2D eigenvalue weighted by molar-refractivity contribution is 1.41. The van der Waals surface area contributed by atoms with Crippen LogP contribution in [-0.4, -0.2) is 4.98 Å². The fraction of sp³-hybridized carbons (Fsp3) is 0. The van der Waals surface area contributed by atoms with E-state index in [1.807, 2.05) is 30.5 Å². The Balaban J connectivity index is 2.21. The Morgan fingerprint density at radius 2 is 1.67 bits per heavy atom. The summed E-state index contributed by atoms with van der Waals surface area (Å²) in [5, 5.41) is 1.19. The van der Waals surface area contributed by atoms with Crippen LogP contribution in [0.15, 0.2) is 67.4 Å².